The molecular weight excluding hydrogens is 408 g/mol. The fraction of sp³-hybridized carbons (Fsp3) is 0.759. The number of hydrogen-bond donors (Lipinski definition) is 3. The van der Waals surface area contributed by atoms with Gasteiger partial charge in [0.15, 0.2) is 0 Å². The smallest absolute Gasteiger partial charge is 0.227 e. The molecule has 0 aromatic heterocycles. The molecule has 0 aliphatic carbocycles. The van der Waals surface area contributed by atoms with Crippen molar-refractivity contribution < 1.29 is 9.90 Å². The van der Waals surface area contributed by atoms with Crippen LogP contribution in [-0.2, 0) is 15.6 Å². The van der Waals surface area contributed by atoms with Gasteiger partial charge < -0.3 is 15.7 Å². The third kappa shape index (κ3) is 5.75. The summed E-state index contributed by atoms with van der Waals surface area (Å²) in [5, 5.41) is 18.4. The van der Waals surface area contributed by atoms with Gasteiger partial charge in [-0.15, -0.1) is 0 Å². The zero-order valence-electron chi connectivity index (χ0n) is 23.4. The highest BCUT2D eigenvalue weighted by atomic mass is 16.3. The number of hydrogen-bond acceptors (Lipinski definition) is 3. The summed E-state index contributed by atoms with van der Waals surface area (Å²) < 4.78 is 0. The third-order valence-electron chi connectivity index (χ3n) is 8.35. The Morgan fingerprint density at radius 1 is 1.09 bits per heavy atom. The summed E-state index contributed by atoms with van der Waals surface area (Å²) in [4.78, 5) is 13.6. The number of benzene rings is 1. The maximum Gasteiger partial charge on any atom is 0.227 e. The minimum absolute atomic E-state index is 0.00972. The maximum absolute atomic E-state index is 13.6. The zero-order valence-corrected chi connectivity index (χ0v) is 23.4. The molecule has 1 fully saturated rings. The summed E-state index contributed by atoms with van der Waals surface area (Å²) >= 11 is 0. The normalized spacial score (nSPS) is 29.6. The lowest BCUT2D eigenvalue weighted by Crippen LogP contribution is -2.68. The van der Waals surface area contributed by atoms with Gasteiger partial charge >= 0.3 is 0 Å². The molecule has 0 saturated carbocycles. The van der Waals surface area contributed by atoms with Crippen LogP contribution in [0.15, 0.2) is 12.1 Å². The summed E-state index contributed by atoms with van der Waals surface area (Å²) in [6.07, 6.45) is 2.97. The Kier molecular flexibility index (Phi) is 7.76. The monoisotopic (exact) mass is 458 g/mol. The summed E-state index contributed by atoms with van der Waals surface area (Å²) in [7, 11) is 0. The second kappa shape index (κ2) is 9.24. The molecular formula is C29H50N2O2. The van der Waals surface area contributed by atoms with E-state index in [1.54, 1.807) is 0 Å². The molecule has 5 unspecified atom stereocenters. The maximum atomic E-state index is 13.6. The van der Waals surface area contributed by atoms with Crippen LogP contribution in [0.4, 0.5) is 0 Å². The Balaban J connectivity index is 2.41. The van der Waals surface area contributed by atoms with E-state index in [4.69, 9.17) is 0 Å². The lowest BCUT2D eigenvalue weighted by Gasteiger charge is -2.53. The van der Waals surface area contributed by atoms with Gasteiger partial charge in [0.2, 0.25) is 5.91 Å². The number of rotatable bonds is 5. The molecule has 1 saturated heterocycles. The van der Waals surface area contributed by atoms with Gasteiger partial charge in [-0.25, -0.2) is 0 Å². The Hall–Kier alpha value is -1.55. The van der Waals surface area contributed by atoms with E-state index in [1.807, 2.05) is 19.1 Å². The first-order valence-corrected chi connectivity index (χ1v) is 12.9. The fourth-order valence-electron chi connectivity index (χ4n) is 5.29. The highest BCUT2D eigenvalue weighted by Gasteiger charge is 2.47. The minimum Gasteiger partial charge on any atom is -0.507 e. The van der Waals surface area contributed by atoms with Crippen LogP contribution in [-0.4, -0.2) is 28.1 Å². The Morgan fingerprint density at radius 2 is 1.58 bits per heavy atom. The number of carbonyl (C=O) groups is 1. The van der Waals surface area contributed by atoms with Crippen LogP contribution in [0, 0.1) is 5.92 Å². The van der Waals surface area contributed by atoms with Gasteiger partial charge in [-0.3, -0.25) is 4.79 Å². The van der Waals surface area contributed by atoms with E-state index in [0.717, 1.165) is 36.0 Å². The van der Waals surface area contributed by atoms with Crippen molar-refractivity contribution in [1.29, 1.82) is 0 Å². The molecule has 1 aromatic rings. The van der Waals surface area contributed by atoms with Crippen LogP contribution < -0.4 is 10.6 Å². The molecule has 5 atom stereocenters. The van der Waals surface area contributed by atoms with Gasteiger partial charge in [-0.1, -0.05) is 74.4 Å². The number of amides is 1. The molecule has 4 nitrogen and oxygen atoms in total. The standard InChI is InChI=1S/C29H50N2O2/c1-13-28(11)17-23(19(4)29(12,14-2)31-28)30-25(33)18(3)20-15-21(26(5,6)7)24(32)22(16-20)27(8,9)10/h15-16,18-19,23,31-32H,13-14,17H2,1-12H3,(H,30,33). The summed E-state index contributed by atoms with van der Waals surface area (Å²) in [6, 6.07) is 4.19. The van der Waals surface area contributed by atoms with E-state index >= 15 is 0 Å². The predicted molar refractivity (Wildman–Crippen MR) is 140 cm³/mol. The summed E-state index contributed by atoms with van der Waals surface area (Å²) in [6.45, 7) is 25.9. The summed E-state index contributed by atoms with van der Waals surface area (Å²) in [5.41, 5.74) is 2.33. The van der Waals surface area contributed by atoms with Crippen LogP contribution in [0.25, 0.3) is 0 Å². The molecule has 188 valence electrons. The van der Waals surface area contributed by atoms with Gasteiger partial charge in [0.25, 0.3) is 0 Å². The van der Waals surface area contributed by atoms with Crippen LogP contribution in [0.5, 0.6) is 5.75 Å². The van der Waals surface area contributed by atoms with E-state index < -0.39 is 0 Å². The molecule has 1 aliphatic rings. The molecule has 1 aromatic carbocycles. The lowest BCUT2D eigenvalue weighted by molar-refractivity contribution is -0.124. The van der Waals surface area contributed by atoms with Crippen LogP contribution >= 0.6 is 0 Å². The van der Waals surface area contributed by atoms with Gasteiger partial charge in [0, 0.05) is 17.1 Å². The van der Waals surface area contributed by atoms with Crippen molar-refractivity contribution in [1.82, 2.24) is 10.6 Å². The minimum atomic E-state index is -0.296. The first-order chi connectivity index (χ1) is 14.9. The predicted octanol–water partition coefficient (Wildman–Crippen LogP) is 6.54. The molecule has 1 aliphatic heterocycles. The lowest BCUT2D eigenvalue weighted by atomic mass is 9.69. The number of piperidine rings is 1. The largest absolute Gasteiger partial charge is 0.507 e. The highest BCUT2D eigenvalue weighted by molar-refractivity contribution is 5.84. The topological polar surface area (TPSA) is 61.4 Å². The van der Waals surface area contributed by atoms with Crippen molar-refractivity contribution in [3.8, 4) is 5.75 Å². The highest BCUT2D eigenvalue weighted by Crippen LogP contribution is 2.42. The molecule has 0 bridgehead atoms. The summed E-state index contributed by atoms with van der Waals surface area (Å²) in [5.74, 6) is 0.454. The second-order valence-corrected chi connectivity index (χ2v) is 13.1. The third-order valence-corrected chi connectivity index (χ3v) is 8.35. The molecule has 33 heavy (non-hydrogen) atoms. The average molecular weight is 459 g/mol. The first-order valence-electron chi connectivity index (χ1n) is 12.9. The Labute approximate surface area is 203 Å². The number of aromatic hydroxyl groups is 1. The van der Waals surface area contributed by atoms with Gasteiger partial charge in [-0.05, 0) is 73.5 Å². The average Bonchev–Trinajstić information content (AvgIpc) is 2.69. The Morgan fingerprint density at radius 3 is 1.97 bits per heavy atom. The molecule has 0 radical (unpaired) electrons. The quantitative estimate of drug-likeness (QED) is 0.469. The molecule has 1 amide bonds. The second-order valence-electron chi connectivity index (χ2n) is 13.1. The van der Waals surface area contributed by atoms with E-state index in [9.17, 15) is 9.90 Å². The number of carbonyl (C=O) groups excluding carboxylic acids is 1. The van der Waals surface area contributed by atoms with Crippen LogP contribution in [0.1, 0.15) is 125 Å². The molecule has 3 N–H and O–H groups in total. The van der Waals surface area contributed by atoms with Crippen LogP contribution in [0.2, 0.25) is 0 Å². The van der Waals surface area contributed by atoms with E-state index in [1.165, 1.54) is 0 Å². The SMILES string of the molecule is CCC1(C)CC(NC(=O)C(C)c2cc(C(C)(C)C)c(O)c(C(C)(C)C)c2)C(C)C(C)(CC)N1. The molecule has 1 heterocycles. The number of phenolic OH excluding ortho intramolecular Hbond substituents is 1. The van der Waals surface area contributed by atoms with Crippen molar-refractivity contribution in [2.24, 2.45) is 5.92 Å². The molecule has 4 heteroatoms. The van der Waals surface area contributed by atoms with Gasteiger partial charge in [-0.2, -0.15) is 0 Å². The number of phenols is 1. The number of nitrogens with one attached hydrogen (secondary N) is 2. The van der Waals surface area contributed by atoms with Crippen molar-refractivity contribution >= 4 is 5.91 Å². The van der Waals surface area contributed by atoms with Crippen molar-refractivity contribution in [2.45, 2.75) is 136 Å². The van der Waals surface area contributed by atoms with Crippen LogP contribution in [0.3, 0.4) is 0 Å². The van der Waals surface area contributed by atoms with Crippen molar-refractivity contribution in [3.05, 3.63) is 28.8 Å². The van der Waals surface area contributed by atoms with Crippen molar-refractivity contribution in [3.63, 3.8) is 0 Å². The fourth-order valence-corrected chi connectivity index (χ4v) is 5.29. The molecule has 0 spiro atoms. The van der Waals surface area contributed by atoms with Crippen molar-refractivity contribution in [2.75, 3.05) is 0 Å². The van der Waals surface area contributed by atoms with E-state index in [0.29, 0.717) is 11.7 Å². The molecule has 2 rings (SSSR count). The Bertz CT molecular complexity index is 828. The first kappa shape index (κ1) is 27.7. The zero-order chi connectivity index (χ0) is 25.6. The van der Waals surface area contributed by atoms with Gasteiger partial charge in [0.1, 0.15) is 5.75 Å². The van der Waals surface area contributed by atoms with E-state index in [-0.39, 0.29) is 39.8 Å². The van der Waals surface area contributed by atoms with Gasteiger partial charge in [0.05, 0.1) is 5.92 Å². The van der Waals surface area contributed by atoms with E-state index in [2.05, 4.69) is 86.8 Å².